The second-order valence-electron chi connectivity index (χ2n) is 7.02. The van der Waals surface area contributed by atoms with Gasteiger partial charge in [0.2, 0.25) is 10.0 Å². The number of benzene rings is 2. The standard InChI is InChI=1S/C25H28N2O2S2/c1-5-19(6-2)24(21-12-10-9-11-13-21)25-26-23(18-30-25)20-14-16-22(17-15-20)31(28,29)27(7-3)8-4/h5-6,9-18,24H,1,7-8H2,2-4H3. The molecule has 4 nitrogen and oxygen atoms in total. The molecule has 3 rings (SSSR count). The number of aromatic nitrogens is 1. The van der Waals surface area contributed by atoms with Gasteiger partial charge >= 0.3 is 0 Å². The summed E-state index contributed by atoms with van der Waals surface area (Å²) in [6, 6.07) is 17.3. The van der Waals surface area contributed by atoms with E-state index < -0.39 is 10.0 Å². The first-order chi connectivity index (χ1) is 15.0. The molecule has 0 saturated carbocycles. The Kier molecular flexibility index (Phi) is 7.59. The van der Waals surface area contributed by atoms with Crippen LogP contribution in [-0.4, -0.2) is 30.8 Å². The maximum Gasteiger partial charge on any atom is 0.243 e. The molecule has 0 N–H and O–H groups in total. The van der Waals surface area contributed by atoms with Crippen LogP contribution in [-0.2, 0) is 10.0 Å². The van der Waals surface area contributed by atoms with Crippen LogP contribution in [0.25, 0.3) is 11.3 Å². The van der Waals surface area contributed by atoms with Gasteiger partial charge in [-0.3, -0.25) is 0 Å². The van der Waals surface area contributed by atoms with Crippen molar-refractivity contribution in [1.29, 1.82) is 0 Å². The highest BCUT2D eigenvalue weighted by atomic mass is 32.2. The quantitative estimate of drug-likeness (QED) is 0.368. The maximum atomic E-state index is 12.7. The summed E-state index contributed by atoms with van der Waals surface area (Å²) in [6.07, 6.45) is 3.95. The fourth-order valence-electron chi connectivity index (χ4n) is 3.59. The predicted octanol–water partition coefficient (Wildman–Crippen LogP) is 6.10. The summed E-state index contributed by atoms with van der Waals surface area (Å²) in [5, 5.41) is 3.00. The lowest BCUT2D eigenvalue weighted by atomic mass is 9.91. The molecule has 0 spiro atoms. The van der Waals surface area contributed by atoms with Crippen molar-refractivity contribution >= 4 is 21.4 Å². The molecule has 0 aliphatic heterocycles. The molecular weight excluding hydrogens is 424 g/mol. The van der Waals surface area contributed by atoms with Gasteiger partial charge in [-0.2, -0.15) is 4.31 Å². The first-order valence-corrected chi connectivity index (χ1v) is 12.7. The molecule has 1 heterocycles. The van der Waals surface area contributed by atoms with Crippen molar-refractivity contribution < 1.29 is 8.42 Å². The molecule has 2 aromatic carbocycles. The molecule has 0 radical (unpaired) electrons. The molecule has 0 fully saturated rings. The number of allylic oxidation sites excluding steroid dienone is 3. The van der Waals surface area contributed by atoms with Gasteiger partial charge in [0, 0.05) is 24.0 Å². The van der Waals surface area contributed by atoms with E-state index in [0.29, 0.717) is 18.0 Å². The van der Waals surface area contributed by atoms with Crippen molar-refractivity contribution in [3.63, 3.8) is 0 Å². The van der Waals surface area contributed by atoms with Crippen LogP contribution < -0.4 is 0 Å². The minimum Gasteiger partial charge on any atom is -0.240 e. The third kappa shape index (κ3) is 4.87. The van der Waals surface area contributed by atoms with Gasteiger partial charge in [-0.25, -0.2) is 13.4 Å². The van der Waals surface area contributed by atoms with Crippen molar-refractivity contribution in [2.45, 2.75) is 31.6 Å². The summed E-state index contributed by atoms with van der Waals surface area (Å²) in [4.78, 5) is 5.21. The fourth-order valence-corrected chi connectivity index (χ4v) is 6.03. The highest BCUT2D eigenvalue weighted by Crippen LogP contribution is 2.36. The predicted molar refractivity (Wildman–Crippen MR) is 130 cm³/mol. The lowest BCUT2D eigenvalue weighted by Crippen LogP contribution is -2.30. The molecule has 0 aliphatic carbocycles. The van der Waals surface area contributed by atoms with Gasteiger partial charge in [0.25, 0.3) is 0 Å². The van der Waals surface area contributed by atoms with Crippen molar-refractivity contribution in [3.8, 4) is 11.3 Å². The van der Waals surface area contributed by atoms with Crippen molar-refractivity contribution in [1.82, 2.24) is 9.29 Å². The summed E-state index contributed by atoms with van der Waals surface area (Å²) >= 11 is 1.60. The van der Waals surface area contributed by atoms with Crippen LogP contribution in [0.15, 0.2) is 89.2 Å². The first-order valence-electron chi connectivity index (χ1n) is 10.4. The first kappa shape index (κ1) is 23.1. The molecule has 3 aromatic rings. The van der Waals surface area contributed by atoms with Crippen LogP contribution >= 0.6 is 11.3 Å². The molecule has 31 heavy (non-hydrogen) atoms. The van der Waals surface area contributed by atoms with E-state index in [0.717, 1.165) is 27.4 Å². The summed E-state index contributed by atoms with van der Waals surface area (Å²) in [7, 11) is -3.47. The number of nitrogens with zero attached hydrogens (tertiary/aromatic N) is 2. The van der Waals surface area contributed by atoms with Crippen LogP contribution in [0.3, 0.4) is 0 Å². The number of thiazole rings is 1. The number of sulfonamides is 1. The van der Waals surface area contributed by atoms with Gasteiger partial charge in [0.1, 0.15) is 5.01 Å². The topological polar surface area (TPSA) is 50.3 Å². The molecule has 1 unspecified atom stereocenters. The molecule has 1 aromatic heterocycles. The van der Waals surface area contributed by atoms with E-state index in [4.69, 9.17) is 4.98 Å². The third-order valence-electron chi connectivity index (χ3n) is 5.30. The molecule has 0 bridgehead atoms. The van der Waals surface area contributed by atoms with Crippen LogP contribution in [0.5, 0.6) is 0 Å². The van der Waals surface area contributed by atoms with E-state index >= 15 is 0 Å². The minimum atomic E-state index is -3.47. The average molecular weight is 453 g/mol. The lowest BCUT2D eigenvalue weighted by molar-refractivity contribution is 0.445. The number of hydrogen-bond donors (Lipinski definition) is 0. The van der Waals surface area contributed by atoms with E-state index in [1.54, 1.807) is 23.5 Å². The summed E-state index contributed by atoms with van der Waals surface area (Å²) in [5.41, 5.74) is 4.01. The molecule has 6 heteroatoms. The molecule has 1 atom stereocenters. The Morgan fingerprint density at radius 1 is 1.10 bits per heavy atom. The monoisotopic (exact) mass is 452 g/mol. The van der Waals surface area contributed by atoms with E-state index in [9.17, 15) is 8.42 Å². The second kappa shape index (κ2) is 10.2. The summed E-state index contributed by atoms with van der Waals surface area (Å²) in [6.45, 7) is 10.6. The van der Waals surface area contributed by atoms with Crippen LogP contribution in [0.4, 0.5) is 0 Å². The van der Waals surface area contributed by atoms with Gasteiger partial charge in [-0.15, -0.1) is 11.3 Å². The Labute approximate surface area is 189 Å². The Morgan fingerprint density at radius 2 is 1.74 bits per heavy atom. The zero-order valence-corrected chi connectivity index (χ0v) is 19.8. The zero-order valence-electron chi connectivity index (χ0n) is 18.2. The molecule has 0 saturated heterocycles. The lowest BCUT2D eigenvalue weighted by Gasteiger charge is -2.18. The van der Waals surface area contributed by atoms with E-state index in [-0.39, 0.29) is 5.92 Å². The fraction of sp³-hybridized carbons (Fsp3) is 0.240. The average Bonchev–Trinajstić information content (AvgIpc) is 3.28. The van der Waals surface area contributed by atoms with Crippen LogP contribution in [0.2, 0.25) is 0 Å². The molecular formula is C25H28N2O2S2. The Morgan fingerprint density at radius 3 is 2.29 bits per heavy atom. The largest absolute Gasteiger partial charge is 0.243 e. The van der Waals surface area contributed by atoms with Gasteiger partial charge in [0.05, 0.1) is 16.5 Å². The molecule has 0 aliphatic rings. The normalized spacial score (nSPS) is 13.4. The van der Waals surface area contributed by atoms with E-state index in [1.165, 1.54) is 4.31 Å². The van der Waals surface area contributed by atoms with Crippen molar-refractivity contribution in [3.05, 3.63) is 94.9 Å². The van der Waals surface area contributed by atoms with Crippen molar-refractivity contribution in [2.24, 2.45) is 0 Å². The van der Waals surface area contributed by atoms with Crippen LogP contribution in [0, 0.1) is 0 Å². The molecule has 0 amide bonds. The maximum absolute atomic E-state index is 12.7. The SMILES string of the molecule is C=CC(=CC)C(c1ccccc1)c1nc(-c2ccc(S(=O)(=O)N(CC)CC)cc2)cs1. The Bertz CT molecular complexity index is 1140. The highest BCUT2D eigenvalue weighted by molar-refractivity contribution is 7.89. The second-order valence-corrected chi connectivity index (χ2v) is 9.85. The van der Waals surface area contributed by atoms with Gasteiger partial charge < -0.3 is 0 Å². The summed E-state index contributed by atoms with van der Waals surface area (Å²) < 4.78 is 26.9. The van der Waals surface area contributed by atoms with E-state index in [2.05, 4.69) is 24.8 Å². The van der Waals surface area contributed by atoms with E-state index in [1.807, 2.05) is 62.6 Å². The summed E-state index contributed by atoms with van der Waals surface area (Å²) in [5.74, 6) is 0.0183. The van der Waals surface area contributed by atoms with Gasteiger partial charge in [-0.1, -0.05) is 75.0 Å². The molecule has 162 valence electrons. The van der Waals surface area contributed by atoms with Gasteiger partial charge in [0.15, 0.2) is 0 Å². The van der Waals surface area contributed by atoms with Crippen molar-refractivity contribution in [2.75, 3.05) is 13.1 Å². The van der Waals surface area contributed by atoms with Crippen LogP contribution in [0.1, 0.15) is 37.3 Å². The smallest absolute Gasteiger partial charge is 0.240 e. The Balaban J connectivity index is 1.95. The Hall–Kier alpha value is -2.54. The zero-order chi connectivity index (χ0) is 22.4. The minimum absolute atomic E-state index is 0.0183. The third-order valence-corrected chi connectivity index (χ3v) is 8.27. The number of hydrogen-bond acceptors (Lipinski definition) is 4. The number of rotatable bonds is 9. The van der Waals surface area contributed by atoms with Gasteiger partial charge in [-0.05, 0) is 30.2 Å². The highest BCUT2D eigenvalue weighted by Gasteiger charge is 2.23.